The van der Waals surface area contributed by atoms with Crippen molar-refractivity contribution in [3.8, 4) is 0 Å². The molecule has 0 radical (unpaired) electrons. The van der Waals surface area contributed by atoms with Gasteiger partial charge in [0.25, 0.3) is 0 Å². The van der Waals surface area contributed by atoms with E-state index < -0.39 is 0 Å². The molecule has 3 rings (SSSR count). The van der Waals surface area contributed by atoms with Gasteiger partial charge in [-0.3, -0.25) is 0 Å². The van der Waals surface area contributed by atoms with Gasteiger partial charge in [0.1, 0.15) is 5.82 Å². The third-order valence-electron chi connectivity index (χ3n) is 4.31. The van der Waals surface area contributed by atoms with Gasteiger partial charge in [-0.15, -0.1) is 0 Å². The van der Waals surface area contributed by atoms with E-state index in [0.29, 0.717) is 12.5 Å². The lowest BCUT2D eigenvalue weighted by Gasteiger charge is -2.18. The van der Waals surface area contributed by atoms with Crippen LogP contribution >= 0.6 is 0 Å². The van der Waals surface area contributed by atoms with Crippen LogP contribution in [-0.4, -0.2) is 34.3 Å². The van der Waals surface area contributed by atoms with Crippen LogP contribution in [0.1, 0.15) is 44.3 Å². The van der Waals surface area contributed by atoms with E-state index in [1.54, 1.807) is 0 Å². The fourth-order valence-electron chi connectivity index (χ4n) is 3.12. The van der Waals surface area contributed by atoms with Crippen LogP contribution in [0.5, 0.6) is 0 Å². The molecule has 0 spiro atoms. The van der Waals surface area contributed by atoms with Crippen molar-refractivity contribution in [1.29, 1.82) is 0 Å². The third kappa shape index (κ3) is 3.37. The van der Waals surface area contributed by atoms with Crippen molar-refractivity contribution in [3.63, 3.8) is 0 Å². The van der Waals surface area contributed by atoms with Crippen LogP contribution in [0.2, 0.25) is 0 Å². The second kappa shape index (κ2) is 6.35. The molecule has 1 unspecified atom stereocenters. The molecule has 108 valence electrons. The summed E-state index contributed by atoms with van der Waals surface area (Å²) in [5, 5.41) is 9.60. The zero-order valence-corrected chi connectivity index (χ0v) is 11.9. The van der Waals surface area contributed by atoms with E-state index in [-0.39, 0.29) is 6.10 Å². The Morgan fingerprint density at radius 1 is 1.20 bits per heavy atom. The van der Waals surface area contributed by atoms with Crippen molar-refractivity contribution in [1.82, 2.24) is 9.97 Å². The molecule has 0 aromatic carbocycles. The van der Waals surface area contributed by atoms with Crippen molar-refractivity contribution in [3.05, 3.63) is 24.2 Å². The first kappa shape index (κ1) is 13.6. The van der Waals surface area contributed by atoms with E-state index in [9.17, 15) is 5.11 Å². The summed E-state index contributed by atoms with van der Waals surface area (Å²) in [5.74, 6) is 2.42. The number of nitrogens with zero attached hydrogens (tertiary/aromatic N) is 3. The number of hydrogen-bond acceptors (Lipinski definition) is 4. The van der Waals surface area contributed by atoms with Crippen molar-refractivity contribution in [2.75, 3.05) is 18.0 Å². The zero-order valence-electron chi connectivity index (χ0n) is 11.9. The summed E-state index contributed by atoms with van der Waals surface area (Å²) < 4.78 is 0. The lowest BCUT2D eigenvalue weighted by Crippen LogP contribution is -2.22. The van der Waals surface area contributed by atoms with Crippen molar-refractivity contribution in [2.45, 2.75) is 44.6 Å². The highest BCUT2D eigenvalue weighted by Gasteiger charge is 2.21. The smallest absolute Gasteiger partial charge is 0.153 e. The van der Waals surface area contributed by atoms with Crippen LogP contribution in [0.25, 0.3) is 6.08 Å². The van der Waals surface area contributed by atoms with Gasteiger partial charge in [-0.05, 0) is 37.3 Å². The highest BCUT2D eigenvalue weighted by Crippen LogP contribution is 2.25. The Kier molecular flexibility index (Phi) is 4.31. The Labute approximate surface area is 120 Å². The first-order chi connectivity index (χ1) is 9.81. The Hall–Kier alpha value is -1.42. The predicted molar refractivity (Wildman–Crippen MR) is 80.5 cm³/mol. The third-order valence-corrected chi connectivity index (χ3v) is 4.31. The van der Waals surface area contributed by atoms with Crippen molar-refractivity contribution < 1.29 is 5.11 Å². The van der Waals surface area contributed by atoms with Gasteiger partial charge in [-0.25, -0.2) is 9.97 Å². The van der Waals surface area contributed by atoms with Gasteiger partial charge in [0.15, 0.2) is 5.82 Å². The molecule has 1 aromatic rings. The monoisotopic (exact) mass is 273 g/mol. The molecule has 1 aliphatic carbocycles. The van der Waals surface area contributed by atoms with Crippen LogP contribution in [0, 0.1) is 5.92 Å². The zero-order chi connectivity index (χ0) is 13.8. The van der Waals surface area contributed by atoms with E-state index >= 15 is 0 Å². The van der Waals surface area contributed by atoms with Gasteiger partial charge in [0, 0.05) is 19.3 Å². The van der Waals surface area contributed by atoms with E-state index in [0.717, 1.165) is 24.6 Å². The molecular formula is C16H23N3O. The molecular weight excluding hydrogens is 250 g/mol. The largest absolute Gasteiger partial charge is 0.391 e. The Morgan fingerprint density at radius 2 is 2.05 bits per heavy atom. The molecule has 2 fully saturated rings. The first-order valence-electron chi connectivity index (χ1n) is 7.75. The van der Waals surface area contributed by atoms with E-state index in [1.807, 2.05) is 12.3 Å². The number of aromatic nitrogens is 2. The molecule has 1 atom stereocenters. The number of β-amino-alcohol motifs (C(OH)–C–C–N with tert-alkyl or cyclic N) is 1. The lowest BCUT2D eigenvalue weighted by molar-refractivity contribution is 0.198. The summed E-state index contributed by atoms with van der Waals surface area (Å²) >= 11 is 0. The quantitative estimate of drug-likeness (QED) is 0.920. The summed E-state index contributed by atoms with van der Waals surface area (Å²) in [6.45, 7) is 1.56. The van der Waals surface area contributed by atoms with Gasteiger partial charge in [-0.2, -0.15) is 0 Å². The fourth-order valence-corrected chi connectivity index (χ4v) is 3.12. The van der Waals surface area contributed by atoms with Crippen LogP contribution in [0.3, 0.4) is 0 Å². The molecule has 1 aliphatic heterocycles. The molecule has 4 nitrogen and oxygen atoms in total. The SMILES string of the molecule is OC1CCN(c2ccnc(C=CC3CCCCC3)n2)C1. The van der Waals surface area contributed by atoms with Gasteiger partial charge in [0.05, 0.1) is 6.10 Å². The van der Waals surface area contributed by atoms with Gasteiger partial charge in [0.2, 0.25) is 0 Å². The number of aliphatic hydroxyl groups excluding tert-OH is 1. The van der Waals surface area contributed by atoms with Crippen LogP contribution in [-0.2, 0) is 0 Å². The Balaban J connectivity index is 1.66. The van der Waals surface area contributed by atoms with E-state index in [2.05, 4.69) is 27.0 Å². The average molecular weight is 273 g/mol. The minimum atomic E-state index is -0.216. The number of hydrogen-bond donors (Lipinski definition) is 1. The van der Waals surface area contributed by atoms with Crippen LogP contribution in [0.15, 0.2) is 18.3 Å². The molecule has 4 heteroatoms. The number of aliphatic hydroxyl groups is 1. The molecule has 2 aliphatic rings. The summed E-state index contributed by atoms with van der Waals surface area (Å²) in [6.07, 6.45) is 13.4. The molecule has 20 heavy (non-hydrogen) atoms. The topological polar surface area (TPSA) is 49.2 Å². The molecule has 1 saturated carbocycles. The highest BCUT2D eigenvalue weighted by molar-refractivity contribution is 5.46. The molecule has 0 bridgehead atoms. The highest BCUT2D eigenvalue weighted by atomic mass is 16.3. The minimum Gasteiger partial charge on any atom is -0.391 e. The van der Waals surface area contributed by atoms with Crippen LogP contribution in [0.4, 0.5) is 5.82 Å². The maximum atomic E-state index is 9.60. The summed E-state index contributed by atoms with van der Waals surface area (Å²) in [7, 11) is 0. The number of anilines is 1. The molecule has 0 amide bonds. The van der Waals surface area contributed by atoms with Gasteiger partial charge < -0.3 is 10.0 Å². The summed E-state index contributed by atoms with van der Waals surface area (Å²) in [6, 6.07) is 1.93. The minimum absolute atomic E-state index is 0.216. The van der Waals surface area contributed by atoms with Gasteiger partial charge >= 0.3 is 0 Å². The second-order valence-electron chi connectivity index (χ2n) is 5.92. The predicted octanol–water partition coefficient (Wildman–Crippen LogP) is 2.64. The van der Waals surface area contributed by atoms with Crippen molar-refractivity contribution in [2.24, 2.45) is 5.92 Å². The Morgan fingerprint density at radius 3 is 2.80 bits per heavy atom. The summed E-state index contributed by atoms with van der Waals surface area (Å²) in [5.41, 5.74) is 0. The number of allylic oxidation sites excluding steroid dienone is 1. The van der Waals surface area contributed by atoms with Crippen LogP contribution < -0.4 is 4.90 Å². The normalized spacial score (nSPS) is 24.6. The first-order valence-corrected chi connectivity index (χ1v) is 7.75. The number of rotatable bonds is 3. The lowest BCUT2D eigenvalue weighted by atomic mass is 9.89. The maximum absolute atomic E-state index is 9.60. The molecule has 1 saturated heterocycles. The molecule has 1 N–H and O–H groups in total. The maximum Gasteiger partial charge on any atom is 0.153 e. The molecule has 1 aromatic heterocycles. The average Bonchev–Trinajstić information content (AvgIpc) is 2.93. The second-order valence-corrected chi connectivity index (χ2v) is 5.92. The Bertz CT molecular complexity index is 469. The summed E-state index contributed by atoms with van der Waals surface area (Å²) in [4.78, 5) is 11.0. The van der Waals surface area contributed by atoms with Gasteiger partial charge in [-0.1, -0.05) is 25.3 Å². The molecule has 2 heterocycles. The standard InChI is InChI=1S/C16H23N3O/c20-14-9-11-19(12-14)16-8-10-17-15(18-16)7-6-13-4-2-1-3-5-13/h6-8,10,13-14,20H,1-5,9,11-12H2. The van der Waals surface area contributed by atoms with E-state index in [1.165, 1.54) is 32.1 Å². The van der Waals surface area contributed by atoms with Crippen molar-refractivity contribution >= 4 is 11.9 Å². The fraction of sp³-hybridized carbons (Fsp3) is 0.625. The van der Waals surface area contributed by atoms with E-state index in [4.69, 9.17) is 0 Å².